The van der Waals surface area contributed by atoms with Crippen molar-refractivity contribution in [2.75, 3.05) is 24.2 Å². The van der Waals surface area contributed by atoms with Crippen LogP contribution in [0.2, 0.25) is 0 Å². The molecular formula is C8H13N3O4S2. The SMILES string of the molecule is COCCS(=O)(=O)Nc1nc(C(C)=NO)cs1. The van der Waals surface area contributed by atoms with Crippen molar-refractivity contribution in [2.24, 2.45) is 5.16 Å². The van der Waals surface area contributed by atoms with Crippen molar-refractivity contribution < 1.29 is 18.4 Å². The molecule has 9 heteroatoms. The first-order valence-electron chi connectivity index (χ1n) is 4.62. The molecule has 1 heterocycles. The van der Waals surface area contributed by atoms with Crippen LogP contribution in [0.15, 0.2) is 10.5 Å². The summed E-state index contributed by atoms with van der Waals surface area (Å²) in [6.07, 6.45) is 0. The molecule has 2 N–H and O–H groups in total. The van der Waals surface area contributed by atoms with Gasteiger partial charge in [-0.1, -0.05) is 5.16 Å². The molecule has 0 aromatic carbocycles. The van der Waals surface area contributed by atoms with E-state index in [4.69, 9.17) is 5.21 Å². The molecule has 1 rings (SSSR count). The molecule has 0 aliphatic heterocycles. The van der Waals surface area contributed by atoms with Crippen LogP contribution in [0.1, 0.15) is 12.6 Å². The molecular weight excluding hydrogens is 266 g/mol. The topological polar surface area (TPSA) is 101 Å². The van der Waals surface area contributed by atoms with Gasteiger partial charge in [0.1, 0.15) is 11.4 Å². The Kier molecular flexibility index (Phi) is 4.85. The molecule has 0 radical (unpaired) electrons. The second-order valence-electron chi connectivity index (χ2n) is 3.14. The van der Waals surface area contributed by atoms with Gasteiger partial charge in [-0.05, 0) is 6.92 Å². The molecule has 0 atom stereocenters. The first-order valence-corrected chi connectivity index (χ1v) is 7.15. The summed E-state index contributed by atoms with van der Waals surface area (Å²) in [4.78, 5) is 3.97. The summed E-state index contributed by atoms with van der Waals surface area (Å²) in [7, 11) is -2.02. The minimum absolute atomic E-state index is 0.116. The maximum Gasteiger partial charge on any atom is 0.236 e. The summed E-state index contributed by atoms with van der Waals surface area (Å²) in [6.45, 7) is 1.68. The molecule has 0 aliphatic carbocycles. The van der Waals surface area contributed by atoms with Crippen LogP contribution in [0.3, 0.4) is 0 Å². The first-order chi connectivity index (χ1) is 7.98. The van der Waals surface area contributed by atoms with Gasteiger partial charge in [-0.25, -0.2) is 13.4 Å². The Labute approximate surface area is 103 Å². The Balaban J connectivity index is 2.73. The van der Waals surface area contributed by atoms with Crippen LogP contribution >= 0.6 is 11.3 Å². The smallest absolute Gasteiger partial charge is 0.236 e. The monoisotopic (exact) mass is 279 g/mol. The van der Waals surface area contributed by atoms with Gasteiger partial charge in [0.15, 0.2) is 5.13 Å². The predicted molar refractivity (Wildman–Crippen MR) is 65.4 cm³/mol. The number of nitrogens with zero attached hydrogens (tertiary/aromatic N) is 2. The second kappa shape index (κ2) is 5.94. The lowest BCUT2D eigenvalue weighted by molar-refractivity contribution is 0.217. The number of oxime groups is 1. The number of aromatic nitrogens is 1. The number of rotatable bonds is 6. The van der Waals surface area contributed by atoms with E-state index in [0.29, 0.717) is 11.4 Å². The van der Waals surface area contributed by atoms with Crippen LogP contribution in [0, 0.1) is 0 Å². The van der Waals surface area contributed by atoms with Crippen molar-refractivity contribution in [2.45, 2.75) is 6.92 Å². The van der Waals surface area contributed by atoms with Crippen LogP contribution in [-0.2, 0) is 14.8 Å². The van der Waals surface area contributed by atoms with E-state index in [1.807, 2.05) is 0 Å². The van der Waals surface area contributed by atoms with Crippen LogP contribution < -0.4 is 4.72 Å². The van der Waals surface area contributed by atoms with Gasteiger partial charge >= 0.3 is 0 Å². The van der Waals surface area contributed by atoms with Crippen molar-refractivity contribution in [3.05, 3.63) is 11.1 Å². The maximum atomic E-state index is 11.5. The van der Waals surface area contributed by atoms with Crippen molar-refractivity contribution in [1.29, 1.82) is 0 Å². The third kappa shape index (κ3) is 4.29. The lowest BCUT2D eigenvalue weighted by atomic mass is 10.3. The predicted octanol–water partition coefficient (Wildman–Crippen LogP) is 0.729. The summed E-state index contributed by atoms with van der Waals surface area (Å²) in [5.74, 6) is -0.133. The van der Waals surface area contributed by atoms with Crippen LogP contribution in [0.5, 0.6) is 0 Å². The van der Waals surface area contributed by atoms with Gasteiger partial charge in [-0.2, -0.15) is 0 Å². The normalized spacial score (nSPS) is 12.7. The minimum atomic E-state index is -3.45. The lowest BCUT2D eigenvalue weighted by Crippen LogP contribution is -2.19. The van der Waals surface area contributed by atoms with Gasteiger partial charge in [-0.15, -0.1) is 11.3 Å². The van der Waals surface area contributed by atoms with Crippen LogP contribution in [-0.4, -0.2) is 43.8 Å². The number of sulfonamides is 1. The highest BCUT2D eigenvalue weighted by Gasteiger charge is 2.13. The van der Waals surface area contributed by atoms with Crippen molar-refractivity contribution in [1.82, 2.24) is 4.98 Å². The zero-order valence-electron chi connectivity index (χ0n) is 9.37. The quantitative estimate of drug-likeness (QED) is 0.454. The second-order valence-corrected chi connectivity index (χ2v) is 5.84. The van der Waals surface area contributed by atoms with Crippen LogP contribution in [0.25, 0.3) is 0 Å². The Morgan fingerprint density at radius 3 is 3.00 bits per heavy atom. The third-order valence-electron chi connectivity index (χ3n) is 1.82. The first kappa shape index (κ1) is 13.9. The molecule has 7 nitrogen and oxygen atoms in total. The molecule has 17 heavy (non-hydrogen) atoms. The average Bonchev–Trinajstić information content (AvgIpc) is 2.73. The standard InChI is InChI=1S/C8H13N3O4S2/c1-6(10-12)7-5-16-8(9-7)11-17(13,14)4-3-15-2/h5,12H,3-4H2,1-2H3,(H,9,11). The Bertz CT molecular complexity index is 495. The fourth-order valence-electron chi connectivity index (χ4n) is 0.915. The third-order valence-corrected chi connectivity index (χ3v) is 3.92. The summed E-state index contributed by atoms with van der Waals surface area (Å²) >= 11 is 1.12. The summed E-state index contributed by atoms with van der Waals surface area (Å²) in [5, 5.41) is 13.4. The molecule has 0 amide bonds. The molecule has 0 fully saturated rings. The number of anilines is 1. The summed E-state index contributed by atoms with van der Waals surface area (Å²) < 4.78 is 30.0. The number of ether oxygens (including phenoxy) is 1. The van der Waals surface area contributed by atoms with Gasteiger partial charge in [-0.3, -0.25) is 4.72 Å². The average molecular weight is 279 g/mol. The molecule has 0 aliphatic rings. The zero-order valence-corrected chi connectivity index (χ0v) is 11.0. The van der Waals surface area contributed by atoms with Gasteiger partial charge in [0.25, 0.3) is 0 Å². The van der Waals surface area contributed by atoms with E-state index in [9.17, 15) is 8.42 Å². The number of thiazole rings is 1. The minimum Gasteiger partial charge on any atom is -0.411 e. The molecule has 96 valence electrons. The number of hydrogen-bond acceptors (Lipinski definition) is 7. The van der Waals surface area contributed by atoms with Crippen molar-refractivity contribution in [3.63, 3.8) is 0 Å². The summed E-state index contributed by atoms with van der Waals surface area (Å²) in [6, 6.07) is 0. The van der Waals surface area contributed by atoms with Gasteiger partial charge in [0.2, 0.25) is 10.0 Å². The fraction of sp³-hybridized carbons (Fsp3) is 0.500. The van der Waals surface area contributed by atoms with E-state index in [1.54, 1.807) is 12.3 Å². The number of hydrogen-bond donors (Lipinski definition) is 2. The zero-order chi connectivity index (χ0) is 12.9. The Morgan fingerprint density at radius 2 is 2.41 bits per heavy atom. The molecule has 0 spiro atoms. The highest BCUT2D eigenvalue weighted by molar-refractivity contribution is 7.92. The molecule has 1 aromatic heterocycles. The highest BCUT2D eigenvalue weighted by atomic mass is 32.2. The molecule has 0 saturated heterocycles. The van der Waals surface area contributed by atoms with Crippen molar-refractivity contribution in [3.8, 4) is 0 Å². The lowest BCUT2D eigenvalue weighted by Gasteiger charge is -2.03. The highest BCUT2D eigenvalue weighted by Crippen LogP contribution is 2.17. The van der Waals surface area contributed by atoms with Gasteiger partial charge < -0.3 is 9.94 Å². The molecule has 0 bridgehead atoms. The molecule has 0 saturated carbocycles. The fourth-order valence-corrected chi connectivity index (χ4v) is 2.89. The van der Waals surface area contributed by atoms with Gasteiger partial charge in [0.05, 0.1) is 12.4 Å². The Morgan fingerprint density at radius 1 is 1.71 bits per heavy atom. The van der Waals surface area contributed by atoms with E-state index in [-0.39, 0.29) is 17.5 Å². The van der Waals surface area contributed by atoms with Gasteiger partial charge in [0, 0.05) is 12.5 Å². The largest absolute Gasteiger partial charge is 0.411 e. The van der Waals surface area contributed by atoms with E-state index >= 15 is 0 Å². The van der Waals surface area contributed by atoms with E-state index in [2.05, 4.69) is 19.6 Å². The molecule has 0 unspecified atom stereocenters. The van der Waals surface area contributed by atoms with E-state index in [0.717, 1.165) is 11.3 Å². The van der Waals surface area contributed by atoms with Crippen molar-refractivity contribution >= 4 is 32.2 Å². The van der Waals surface area contributed by atoms with E-state index in [1.165, 1.54) is 7.11 Å². The number of nitrogens with one attached hydrogen (secondary N) is 1. The van der Waals surface area contributed by atoms with Crippen LogP contribution in [0.4, 0.5) is 5.13 Å². The Hall–Kier alpha value is -1.19. The number of methoxy groups -OCH3 is 1. The molecule has 1 aromatic rings. The van der Waals surface area contributed by atoms with E-state index < -0.39 is 10.0 Å². The maximum absolute atomic E-state index is 11.5. The summed E-state index contributed by atoms with van der Waals surface area (Å²) in [5.41, 5.74) is 0.755.